The summed E-state index contributed by atoms with van der Waals surface area (Å²) < 4.78 is 0. The third-order valence-electron chi connectivity index (χ3n) is 2.88. The molecule has 0 fully saturated rings. The zero-order chi connectivity index (χ0) is 15.2. The van der Waals surface area contributed by atoms with Crippen molar-refractivity contribution in [3.63, 3.8) is 0 Å². The molecule has 3 aromatic rings. The first-order chi connectivity index (χ1) is 10.8. The Kier molecular flexibility index (Phi) is 4.36. The van der Waals surface area contributed by atoms with E-state index in [1.807, 2.05) is 72.8 Å². The lowest BCUT2D eigenvalue weighted by molar-refractivity contribution is 0.102. The van der Waals surface area contributed by atoms with Crippen molar-refractivity contribution < 1.29 is 4.79 Å². The molecule has 0 saturated carbocycles. The number of aromatic nitrogens is 2. The number of anilines is 1. The molecule has 0 atom stereocenters. The van der Waals surface area contributed by atoms with E-state index in [0.717, 1.165) is 11.3 Å². The molecule has 1 amide bonds. The molecule has 0 spiro atoms. The number of amides is 1. The van der Waals surface area contributed by atoms with E-state index in [1.54, 1.807) is 0 Å². The van der Waals surface area contributed by atoms with Crippen molar-refractivity contribution in [2.75, 3.05) is 5.32 Å². The first kappa shape index (κ1) is 14.2. The predicted octanol–water partition coefficient (Wildman–Crippen LogP) is 3.96. The Hall–Kier alpha value is -2.79. The summed E-state index contributed by atoms with van der Waals surface area (Å²) in [6.07, 6.45) is 3.80. The van der Waals surface area contributed by atoms with Crippen molar-refractivity contribution in [1.29, 1.82) is 0 Å². The number of benzene rings is 2. The average Bonchev–Trinajstić information content (AvgIpc) is 3.04. The second-order valence-electron chi connectivity index (χ2n) is 4.51. The highest BCUT2D eigenvalue weighted by Gasteiger charge is 2.11. The van der Waals surface area contributed by atoms with Crippen molar-refractivity contribution in [1.82, 2.24) is 10.2 Å². The highest BCUT2D eigenvalue weighted by Crippen LogP contribution is 2.15. The lowest BCUT2D eigenvalue weighted by Crippen LogP contribution is -2.11. The van der Waals surface area contributed by atoms with Gasteiger partial charge < -0.3 is 5.32 Å². The summed E-state index contributed by atoms with van der Waals surface area (Å²) in [5, 5.41) is 11.8. The predicted molar refractivity (Wildman–Crippen MR) is 89.7 cm³/mol. The van der Waals surface area contributed by atoms with Crippen LogP contribution in [-0.4, -0.2) is 16.1 Å². The molecule has 3 rings (SSSR count). The number of carbonyl (C=O) groups is 1. The van der Waals surface area contributed by atoms with Gasteiger partial charge in [0, 0.05) is 5.69 Å². The first-order valence-electron chi connectivity index (χ1n) is 6.74. The van der Waals surface area contributed by atoms with E-state index in [-0.39, 0.29) is 5.91 Å². The number of hydrogen-bond acceptors (Lipinski definition) is 4. The SMILES string of the molecule is O=C(Nc1ccccc1)c1nnc(C=Cc2ccccc2)s1. The molecular weight excluding hydrogens is 294 g/mol. The van der Waals surface area contributed by atoms with Crippen LogP contribution in [-0.2, 0) is 0 Å². The molecule has 2 aromatic carbocycles. The number of nitrogens with zero attached hydrogens (tertiary/aromatic N) is 2. The fourth-order valence-electron chi connectivity index (χ4n) is 1.83. The van der Waals surface area contributed by atoms with Gasteiger partial charge in [0.1, 0.15) is 5.01 Å². The molecule has 1 aromatic heterocycles. The second kappa shape index (κ2) is 6.78. The number of carbonyl (C=O) groups excluding carboxylic acids is 1. The van der Waals surface area contributed by atoms with Gasteiger partial charge in [-0.2, -0.15) is 0 Å². The van der Waals surface area contributed by atoms with Crippen LogP contribution < -0.4 is 5.32 Å². The molecule has 22 heavy (non-hydrogen) atoms. The topological polar surface area (TPSA) is 54.9 Å². The molecule has 0 unspecified atom stereocenters. The van der Waals surface area contributed by atoms with Gasteiger partial charge >= 0.3 is 0 Å². The molecule has 108 valence electrons. The zero-order valence-electron chi connectivity index (χ0n) is 11.6. The Labute approximate surface area is 132 Å². The highest BCUT2D eigenvalue weighted by atomic mass is 32.1. The van der Waals surface area contributed by atoms with Crippen LogP contribution in [0.5, 0.6) is 0 Å². The Morgan fingerprint density at radius 3 is 2.32 bits per heavy atom. The van der Waals surface area contributed by atoms with Crippen LogP contribution in [0, 0.1) is 0 Å². The van der Waals surface area contributed by atoms with Crippen LogP contribution in [0.1, 0.15) is 20.4 Å². The van der Waals surface area contributed by atoms with Gasteiger partial charge in [0.05, 0.1) is 0 Å². The fourth-order valence-corrected chi connectivity index (χ4v) is 2.47. The standard InChI is InChI=1S/C17H13N3OS/c21-16(18-14-9-5-2-6-10-14)17-20-19-15(22-17)12-11-13-7-3-1-4-8-13/h1-12H,(H,18,21). The van der Waals surface area contributed by atoms with E-state index in [0.29, 0.717) is 10.0 Å². The molecule has 0 aliphatic carbocycles. The maximum atomic E-state index is 12.1. The summed E-state index contributed by atoms with van der Waals surface area (Å²) in [7, 11) is 0. The largest absolute Gasteiger partial charge is 0.320 e. The Morgan fingerprint density at radius 2 is 1.59 bits per heavy atom. The zero-order valence-corrected chi connectivity index (χ0v) is 12.5. The van der Waals surface area contributed by atoms with Gasteiger partial charge in [0.25, 0.3) is 5.91 Å². The normalized spacial score (nSPS) is 10.7. The quantitative estimate of drug-likeness (QED) is 0.793. The summed E-state index contributed by atoms with van der Waals surface area (Å²) in [4.78, 5) is 12.1. The lowest BCUT2D eigenvalue weighted by Gasteiger charge is -2.00. The van der Waals surface area contributed by atoms with Crippen molar-refractivity contribution >= 4 is 35.1 Å². The van der Waals surface area contributed by atoms with Gasteiger partial charge in [-0.25, -0.2) is 0 Å². The minimum Gasteiger partial charge on any atom is -0.320 e. The van der Waals surface area contributed by atoms with Crippen molar-refractivity contribution in [2.45, 2.75) is 0 Å². The maximum Gasteiger partial charge on any atom is 0.286 e. The summed E-state index contributed by atoms with van der Waals surface area (Å²) >= 11 is 1.26. The molecule has 0 aliphatic heterocycles. The van der Waals surface area contributed by atoms with Crippen LogP contribution in [0.25, 0.3) is 12.2 Å². The summed E-state index contributed by atoms with van der Waals surface area (Å²) in [5.74, 6) is -0.247. The van der Waals surface area contributed by atoms with Gasteiger partial charge in [-0.05, 0) is 23.8 Å². The number of nitrogens with one attached hydrogen (secondary N) is 1. The summed E-state index contributed by atoms with van der Waals surface area (Å²) in [6, 6.07) is 19.2. The minimum atomic E-state index is -0.247. The van der Waals surface area contributed by atoms with E-state index in [4.69, 9.17) is 0 Å². The van der Waals surface area contributed by atoms with E-state index in [9.17, 15) is 4.79 Å². The van der Waals surface area contributed by atoms with Gasteiger partial charge in [0.15, 0.2) is 0 Å². The smallest absolute Gasteiger partial charge is 0.286 e. The van der Waals surface area contributed by atoms with Crippen LogP contribution in [0.4, 0.5) is 5.69 Å². The van der Waals surface area contributed by atoms with Crippen LogP contribution >= 0.6 is 11.3 Å². The molecule has 0 radical (unpaired) electrons. The highest BCUT2D eigenvalue weighted by molar-refractivity contribution is 7.14. The Morgan fingerprint density at radius 1 is 0.909 bits per heavy atom. The molecule has 1 N–H and O–H groups in total. The molecule has 0 aliphatic rings. The van der Waals surface area contributed by atoms with E-state index >= 15 is 0 Å². The first-order valence-corrected chi connectivity index (χ1v) is 7.56. The van der Waals surface area contributed by atoms with Gasteiger partial charge in [-0.1, -0.05) is 65.9 Å². The van der Waals surface area contributed by atoms with Crippen LogP contribution in [0.2, 0.25) is 0 Å². The number of rotatable bonds is 4. The van der Waals surface area contributed by atoms with Crippen LogP contribution in [0.3, 0.4) is 0 Å². The van der Waals surface area contributed by atoms with Gasteiger partial charge in [-0.3, -0.25) is 4.79 Å². The van der Waals surface area contributed by atoms with E-state index in [2.05, 4.69) is 15.5 Å². The monoisotopic (exact) mass is 307 g/mol. The van der Waals surface area contributed by atoms with Crippen molar-refractivity contribution in [2.24, 2.45) is 0 Å². The molecule has 1 heterocycles. The van der Waals surface area contributed by atoms with E-state index in [1.165, 1.54) is 11.3 Å². The van der Waals surface area contributed by atoms with Gasteiger partial charge in [-0.15, -0.1) is 10.2 Å². The summed E-state index contributed by atoms with van der Waals surface area (Å²) in [5.41, 5.74) is 1.82. The number of para-hydroxylation sites is 1. The third-order valence-corrected chi connectivity index (χ3v) is 3.77. The molecule has 5 heteroatoms. The number of hydrogen-bond donors (Lipinski definition) is 1. The Bertz CT molecular complexity index is 782. The van der Waals surface area contributed by atoms with Crippen molar-refractivity contribution in [3.05, 3.63) is 76.2 Å². The minimum absolute atomic E-state index is 0.247. The van der Waals surface area contributed by atoms with Crippen molar-refractivity contribution in [3.8, 4) is 0 Å². The average molecular weight is 307 g/mol. The Balaban J connectivity index is 1.68. The molecule has 0 saturated heterocycles. The molecule has 4 nitrogen and oxygen atoms in total. The third kappa shape index (κ3) is 3.65. The van der Waals surface area contributed by atoms with Gasteiger partial charge in [0.2, 0.25) is 5.01 Å². The lowest BCUT2D eigenvalue weighted by atomic mass is 10.2. The summed E-state index contributed by atoms with van der Waals surface area (Å²) in [6.45, 7) is 0. The molecular formula is C17H13N3OS. The second-order valence-corrected chi connectivity index (χ2v) is 5.52. The van der Waals surface area contributed by atoms with E-state index < -0.39 is 0 Å². The molecule has 0 bridgehead atoms. The maximum absolute atomic E-state index is 12.1. The van der Waals surface area contributed by atoms with Crippen LogP contribution in [0.15, 0.2) is 60.7 Å². The fraction of sp³-hybridized carbons (Fsp3) is 0.